The van der Waals surface area contributed by atoms with Gasteiger partial charge in [-0.05, 0) is 49.8 Å². The van der Waals surface area contributed by atoms with Crippen molar-refractivity contribution in [2.75, 3.05) is 6.54 Å². The van der Waals surface area contributed by atoms with Gasteiger partial charge in [0.05, 0.1) is 0 Å². The molecule has 18 heavy (non-hydrogen) atoms. The van der Waals surface area contributed by atoms with Crippen molar-refractivity contribution >= 4 is 5.91 Å². The fraction of sp³-hybridized carbons (Fsp3) is 0.643. The molecule has 0 saturated heterocycles. The molecule has 2 rings (SSSR count). The molecule has 0 unspecified atom stereocenters. The summed E-state index contributed by atoms with van der Waals surface area (Å²) in [6.45, 7) is 1.40. The predicted molar refractivity (Wildman–Crippen MR) is 71.8 cm³/mol. The molecular formula is C14H23N3O. The summed E-state index contributed by atoms with van der Waals surface area (Å²) in [6.07, 6.45) is 8.20. The highest BCUT2D eigenvalue weighted by Crippen LogP contribution is 2.28. The zero-order chi connectivity index (χ0) is 13.0. The number of nitrogens with two attached hydrogens (primary N) is 1. The SMILES string of the molecule is Cn1ccc(CNC(=O)C2CCC(CN)CC2)c1. The quantitative estimate of drug-likeness (QED) is 0.847. The molecule has 1 heterocycles. The summed E-state index contributed by atoms with van der Waals surface area (Å²) < 4.78 is 1.99. The molecule has 0 radical (unpaired) electrons. The Bertz CT molecular complexity index is 391. The molecule has 0 aromatic carbocycles. The largest absolute Gasteiger partial charge is 0.357 e. The minimum atomic E-state index is 0.191. The first kappa shape index (κ1) is 13.1. The molecule has 4 heteroatoms. The van der Waals surface area contributed by atoms with Crippen molar-refractivity contribution in [2.24, 2.45) is 24.6 Å². The van der Waals surface area contributed by atoms with Crippen LogP contribution in [0, 0.1) is 11.8 Å². The molecule has 100 valence electrons. The molecular weight excluding hydrogens is 226 g/mol. The lowest BCUT2D eigenvalue weighted by Gasteiger charge is -2.26. The lowest BCUT2D eigenvalue weighted by molar-refractivity contribution is -0.126. The second-order valence-corrected chi connectivity index (χ2v) is 5.36. The van der Waals surface area contributed by atoms with Crippen LogP contribution in [0.2, 0.25) is 0 Å². The van der Waals surface area contributed by atoms with Gasteiger partial charge < -0.3 is 15.6 Å². The average molecular weight is 249 g/mol. The van der Waals surface area contributed by atoms with E-state index in [1.165, 1.54) is 0 Å². The van der Waals surface area contributed by atoms with Crippen molar-refractivity contribution in [2.45, 2.75) is 32.2 Å². The highest BCUT2D eigenvalue weighted by atomic mass is 16.1. The van der Waals surface area contributed by atoms with Gasteiger partial charge in [0, 0.05) is 31.9 Å². The molecule has 0 aliphatic heterocycles. The maximum absolute atomic E-state index is 12.0. The van der Waals surface area contributed by atoms with Gasteiger partial charge in [0.2, 0.25) is 5.91 Å². The van der Waals surface area contributed by atoms with E-state index < -0.39 is 0 Å². The molecule has 1 amide bonds. The first-order valence-corrected chi connectivity index (χ1v) is 6.77. The van der Waals surface area contributed by atoms with E-state index in [-0.39, 0.29) is 11.8 Å². The fourth-order valence-electron chi connectivity index (χ4n) is 2.66. The molecule has 1 saturated carbocycles. The maximum Gasteiger partial charge on any atom is 0.223 e. The van der Waals surface area contributed by atoms with E-state index in [2.05, 4.69) is 5.32 Å². The standard InChI is InChI=1S/C14H23N3O/c1-17-7-6-12(10-17)9-16-14(18)13-4-2-11(8-15)3-5-13/h6-7,10-11,13H,2-5,8-9,15H2,1H3,(H,16,18). The Morgan fingerprint density at radius 1 is 1.44 bits per heavy atom. The minimum Gasteiger partial charge on any atom is -0.357 e. The molecule has 0 atom stereocenters. The third-order valence-corrected chi connectivity index (χ3v) is 3.91. The van der Waals surface area contributed by atoms with E-state index in [1.54, 1.807) is 0 Å². The van der Waals surface area contributed by atoms with Crippen LogP contribution in [0.3, 0.4) is 0 Å². The summed E-state index contributed by atoms with van der Waals surface area (Å²) in [6, 6.07) is 2.03. The van der Waals surface area contributed by atoms with Crippen molar-refractivity contribution in [1.29, 1.82) is 0 Å². The van der Waals surface area contributed by atoms with Crippen molar-refractivity contribution in [3.63, 3.8) is 0 Å². The predicted octanol–water partition coefficient (Wildman–Crippen LogP) is 1.41. The number of hydrogen-bond acceptors (Lipinski definition) is 2. The molecule has 1 aliphatic carbocycles. The summed E-state index contributed by atoms with van der Waals surface area (Å²) in [5, 5.41) is 3.03. The van der Waals surface area contributed by atoms with Gasteiger partial charge in [-0.3, -0.25) is 4.79 Å². The van der Waals surface area contributed by atoms with Gasteiger partial charge >= 0.3 is 0 Å². The maximum atomic E-state index is 12.0. The number of nitrogens with one attached hydrogen (secondary N) is 1. The lowest BCUT2D eigenvalue weighted by atomic mass is 9.81. The molecule has 0 bridgehead atoms. The second kappa shape index (κ2) is 6.05. The number of amides is 1. The van der Waals surface area contributed by atoms with Crippen molar-refractivity contribution in [1.82, 2.24) is 9.88 Å². The first-order chi connectivity index (χ1) is 8.69. The smallest absolute Gasteiger partial charge is 0.223 e. The molecule has 0 spiro atoms. The summed E-state index contributed by atoms with van der Waals surface area (Å²) in [5.74, 6) is 1.02. The van der Waals surface area contributed by atoms with Gasteiger partial charge in [0.1, 0.15) is 0 Å². The fourth-order valence-corrected chi connectivity index (χ4v) is 2.66. The van der Waals surface area contributed by atoms with Crippen LogP contribution in [0.5, 0.6) is 0 Å². The van der Waals surface area contributed by atoms with Crippen LogP contribution in [0.4, 0.5) is 0 Å². The summed E-state index contributed by atoms with van der Waals surface area (Å²) in [7, 11) is 1.99. The summed E-state index contributed by atoms with van der Waals surface area (Å²) in [5.41, 5.74) is 6.81. The third kappa shape index (κ3) is 3.35. The van der Waals surface area contributed by atoms with Gasteiger partial charge in [0.25, 0.3) is 0 Å². The highest BCUT2D eigenvalue weighted by molar-refractivity contribution is 5.78. The summed E-state index contributed by atoms with van der Waals surface area (Å²) >= 11 is 0. The molecule has 3 N–H and O–H groups in total. The van der Waals surface area contributed by atoms with Crippen LogP contribution in [0.25, 0.3) is 0 Å². The number of aryl methyl sites for hydroxylation is 1. The van der Waals surface area contributed by atoms with E-state index in [0.717, 1.165) is 37.8 Å². The van der Waals surface area contributed by atoms with E-state index in [0.29, 0.717) is 12.5 Å². The van der Waals surface area contributed by atoms with Crippen molar-refractivity contribution < 1.29 is 4.79 Å². The molecule has 1 aromatic rings. The lowest BCUT2D eigenvalue weighted by Crippen LogP contribution is -2.33. The zero-order valence-electron chi connectivity index (χ0n) is 11.1. The molecule has 1 aromatic heterocycles. The number of carbonyl (C=O) groups excluding carboxylic acids is 1. The Hall–Kier alpha value is -1.29. The van der Waals surface area contributed by atoms with Gasteiger partial charge in [-0.2, -0.15) is 0 Å². The molecule has 1 aliphatic rings. The Balaban J connectivity index is 1.75. The van der Waals surface area contributed by atoms with E-state index >= 15 is 0 Å². The van der Waals surface area contributed by atoms with E-state index in [1.807, 2.05) is 30.1 Å². The molecule has 4 nitrogen and oxygen atoms in total. The summed E-state index contributed by atoms with van der Waals surface area (Å²) in [4.78, 5) is 12.0. The number of rotatable bonds is 4. The van der Waals surface area contributed by atoms with Crippen LogP contribution >= 0.6 is 0 Å². The molecule has 1 fully saturated rings. The van der Waals surface area contributed by atoms with E-state index in [4.69, 9.17) is 5.73 Å². The monoisotopic (exact) mass is 249 g/mol. The normalized spacial score (nSPS) is 23.9. The number of hydrogen-bond donors (Lipinski definition) is 2. The number of carbonyl (C=O) groups is 1. The van der Waals surface area contributed by atoms with E-state index in [9.17, 15) is 4.79 Å². The Morgan fingerprint density at radius 2 is 2.17 bits per heavy atom. The minimum absolute atomic E-state index is 0.191. The third-order valence-electron chi connectivity index (χ3n) is 3.91. The Morgan fingerprint density at radius 3 is 2.72 bits per heavy atom. The van der Waals surface area contributed by atoms with Gasteiger partial charge in [0.15, 0.2) is 0 Å². The topological polar surface area (TPSA) is 60.0 Å². The number of nitrogens with zero attached hydrogens (tertiary/aromatic N) is 1. The average Bonchev–Trinajstić information content (AvgIpc) is 2.82. The zero-order valence-corrected chi connectivity index (χ0v) is 11.1. The van der Waals surface area contributed by atoms with Crippen LogP contribution in [-0.4, -0.2) is 17.0 Å². The first-order valence-electron chi connectivity index (χ1n) is 6.77. The Kier molecular flexibility index (Phi) is 4.42. The van der Waals surface area contributed by atoms with Crippen LogP contribution in [0.15, 0.2) is 18.5 Å². The van der Waals surface area contributed by atoms with Crippen molar-refractivity contribution in [3.8, 4) is 0 Å². The van der Waals surface area contributed by atoms with Gasteiger partial charge in [-0.25, -0.2) is 0 Å². The Labute approximate surface area is 109 Å². The number of aromatic nitrogens is 1. The second-order valence-electron chi connectivity index (χ2n) is 5.36. The van der Waals surface area contributed by atoms with Crippen molar-refractivity contribution in [3.05, 3.63) is 24.0 Å². The van der Waals surface area contributed by atoms with Crippen LogP contribution in [0.1, 0.15) is 31.2 Å². The van der Waals surface area contributed by atoms with Crippen LogP contribution in [-0.2, 0) is 18.4 Å². The van der Waals surface area contributed by atoms with Crippen LogP contribution < -0.4 is 11.1 Å². The highest BCUT2D eigenvalue weighted by Gasteiger charge is 2.25. The van der Waals surface area contributed by atoms with Gasteiger partial charge in [-0.1, -0.05) is 0 Å². The van der Waals surface area contributed by atoms with Gasteiger partial charge in [-0.15, -0.1) is 0 Å².